The first kappa shape index (κ1) is 17.8. The lowest BCUT2D eigenvalue weighted by atomic mass is 10.1. The lowest BCUT2D eigenvalue weighted by molar-refractivity contribution is 0.739. The number of nitrogens with one attached hydrogen (secondary N) is 1. The molecule has 5 rings (SSSR count). The average molecular weight is 401 g/mol. The van der Waals surface area contributed by atoms with E-state index >= 15 is 0 Å². The summed E-state index contributed by atoms with van der Waals surface area (Å²) in [5, 5.41) is 0.326. The van der Waals surface area contributed by atoms with Gasteiger partial charge < -0.3 is 4.90 Å². The molecule has 0 amide bonds. The van der Waals surface area contributed by atoms with E-state index in [1.54, 1.807) is 10.9 Å². The van der Waals surface area contributed by atoms with Gasteiger partial charge in [-0.05, 0) is 44.0 Å². The number of aromatic amines is 1. The minimum Gasteiger partial charge on any atom is -0.309 e. The van der Waals surface area contributed by atoms with Gasteiger partial charge >= 0.3 is 0 Å². The van der Waals surface area contributed by atoms with Crippen LogP contribution in [0.25, 0.3) is 16.7 Å². The van der Waals surface area contributed by atoms with E-state index in [4.69, 9.17) is 12.2 Å². The summed E-state index contributed by atoms with van der Waals surface area (Å²) in [6.45, 7) is 4.14. The minimum absolute atomic E-state index is 0.192. The van der Waals surface area contributed by atoms with Crippen molar-refractivity contribution >= 4 is 34.9 Å². The SMILES string of the molecule is Cc1ccc(-n2cnc3nc(N4c5ccccc5C[C@@H]4C)[nH]c(=O)c3c2=S)cc1. The fourth-order valence-electron chi connectivity index (χ4n) is 3.91. The molecule has 0 fully saturated rings. The van der Waals surface area contributed by atoms with Crippen LogP contribution in [0.2, 0.25) is 0 Å². The fourth-order valence-corrected chi connectivity index (χ4v) is 4.25. The highest BCUT2D eigenvalue weighted by atomic mass is 32.1. The first-order valence-electron chi connectivity index (χ1n) is 9.49. The van der Waals surface area contributed by atoms with Crippen molar-refractivity contribution in [2.24, 2.45) is 0 Å². The third-order valence-corrected chi connectivity index (χ3v) is 5.76. The molecule has 2 aromatic heterocycles. The van der Waals surface area contributed by atoms with Gasteiger partial charge in [0.15, 0.2) is 5.65 Å². The summed E-state index contributed by atoms with van der Waals surface area (Å²) in [5.41, 5.74) is 4.39. The van der Waals surface area contributed by atoms with Gasteiger partial charge in [0.05, 0.1) is 0 Å². The molecule has 0 radical (unpaired) electrons. The summed E-state index contributed by atoms with van der Waals surface area (Å²) < 4.78 is 2.13. The second-order valence-corrected chi connectivity index (χ2v) is 7.78. The van der Waals surface area contributed by atoms with Crippen molar-refractivity contribution in [2.75, 3.05) is 4.90 Å². The molecule has 3 heterocycles. The number of para-hydroxylation sites is 1. The fraction of sp³-hybridized carbons (Fsp3) is 0.182. The van der Waals surface area contributed by atoms with E-state index in [0.717, 1.165) is 23.4 Å². The van der Waals surface area contributed by atoms with E-state index in [1.165, 1.54) is 5.56 Å². The predicted molar refractivity (Wildman–Crippen MR) is 117 cm³/mol. The molecule has 6 nitrogen and oxygen atoms in total. The predicted octanol–water partition coefficient (Wildman–Crippen LogP) is 4.23. The highest BCUT2D eigenvalue weighted by molar-refractivity contribution is 7.71. The molecular formula is C22H19N5OS. The summed E-state index contributed by atoms with van der Waals surface area (Å²) in [6.07, 6.45) is 2.53. The van der Waals surface area contributed by atoms with Gasteiger partial charge in [0.1, 0.15) is 16.4 Å². The summed E-state index contributed by atoms with van der Waals surface area (Å²) in [7, 11) is 0. The van der Waals surface area contributed by atoms with Crippen LogP contribution in [0, 0.1) is 11.6 Å². The van der Waals surface area contributed by atoms with Crippen LogP contribution in [-0.4, -0.2) is 25.6 Å². The van der Waals surface area contributed by atoms with Gasteiger partial charge in [-0.3, -0.25) is 14.3 Å². The molecule has 7 heteroatoms. The molecule has 0 bridgehead atoms. The van der Waals surface area contributed by atoms with Gasteiger partial charge in [-0.25, -0.2) is 4.98 Å². The molecule has 1 aliphatic rings. The zero-order valence-corrected chi connectivity index (χ0v) is 16.9. The van der Waals surface area contributed by atoms with Gasteiger partial charge in [0, 0.05) is 17.4 Å². The lowest BCUT2D eigenvalue weighted by Crippen LogP contribution is -2.28. The number of fused-ring (bicyclic) bond motifs is 2. The van der Waals surface area contributed by atoms with Gasteiger partial charge in [0.25, 0.3) is 5.56 Å². The van der Waals surface area contributed by atoms with E-state index in [-0.39, 0.29) is 11.6 Å². The van der Waals surface area contributed by atoms with E-state index in [9.17, 15) is 4.79 Å². The monoisotopic (exact) mass is 401 g/mol. The topological polar surface area (TPSA) is 66.8 Å². The summed E-state index contributed by atoms with van der Waals surface area (Å²) in [4.78, 5) is 27.1. The zero-order valence-electron chi connectivity index (χ0n) is 16.1. The van der Waals surface area contributed by atoms with Crippen molar-refractivity contribution in [1.29, 1.82) is 0 Å². The summed E-state index contributed by atoms with van der Waals surface area (Å²) in [5.74, 6) is 0.495. The van der Waals surface area contributed by atoms with E-state index in [1.807, 2.05) is 49.4 Å². The second kappa shape index (κ2) is 6.63. The molecule has 1 N–H and O–H groups in total. The van der Waals surface area contributed by atoms with Crippen LogP contribution < -0.4 is 10.5 Å². The lowest BCUT2D eigenvalue weighted by Gasteiger charge is -2.23. The van der Waals surface area contributed by atoms with Crippen LogP contribution in [0.5, 0.6) is 0 Å². The number of hydrogen-bond donors (Lipinski definition) is 1. The molecule has 0 spiro atoms. The van der Waals surface area contributed by atoms with E-state index in [0.29, 0.717) is 21.6 Å². The van der Waals surface area contributed by atoms with Crippen molar-refractivity contribution in [3.8, 4) is 5.69 Å². The Morgan fingerprint density at radius 2 is 1.90 bits per heavy atom. The number of aromatic nitrogens is 4. The third-order valence-electron chi connectivity index (χ3n) is 5.36. The Bertz CT molecular complexity index is 1360. The van der Waals surface area contributed by atoms with Gasteiger partial charge in [-0.1, -0.05) is 48.1 Å². The molecule has 0 saturated heterocycles. The number of aryl methyl sites for hydroxylation is 1. The van der Waals surface area contributed by atoms with Gasteiger partial charge in [0.2, 0.25) is 5.95 Å². The molecule has 0 unspecified atom stereocenters. The van der Waals surface area contributed by atoms with Crippen molar-refractivity contribution in [3.63, 3.8) is 0 Å². The van der Waals surface area contributed by atoms with E-state index in [2.05, 4.69) is 32.8 Å². The van der Waals surface area contributed by atoms with E-state index < -0.39 is 0 Å². The molecule has 4 aromatic rings. The first-order valence-corrected chi connectivity index (χ1v) is 9.89. The largest absolute Gasteiger partial charge is 0.309 e. The van der Waals surface area contributed by atoms with Crippen LogP contribution in [0.15, 0.2) is 59.7 Å². The van der Waals surface area contributed by atoms with Crippen LogP contribution in [0.4, 0.5) is 11.6 Å². The first-order chi connectivity index (χ1) is 14.0. The van der Waals surface area contributed by atoms with Gasteiger partial charge in [-0.2, -0.15) is 4.98 Å². The molecule has 29 heavy (non-hydrogen) atoms. The molecule has 0 saturated carbocycles. The van der Waals surface area contributed by atoms with Crippen LogP contribution in [0.1, 0.15) is 18.1 Å². The Morgan fingerprint density at radius 1 is 1.14 bits per heavy atom. The normalized spacial score (nSPS) is 15.7. The Morgan fingerprint density at radius 3 is 2.69 bits per heavy atom. The molecular weight excluding hydrogens is 382 g/mol. The Balaban J connectivity index is 1.67. The smallest absolute Gasteiger partial charge is 0.264 e. The number of rotatable bonds is 2. The average Bonchev–Trinajstić information content (AvgIpc) is 3.04. The number of hydrogen-bond acceptors (Lipinski definition) is 5. The van der Waals surface area contributed by atoms with Crippen molar-refractivity contribution in [3.05, 3.63) is 81.0 Å². The van der Waals surface area contributed by atoms with Crippen molar-refractivity contribution in [1.82, 2.24) is 19.5 Å². The third kappa shape index (κ3) is 2.86. The quantitative estimate of drug-likeness (QED) is 0.509. The minimum atomic E-state index is -0.277. The number of nitrogens with zero attached hydrogens (tertiary/aromatic N) is 4. The Labute approximate surface area is 172 Å². The molecule has 144 valence electrons. The second-order valence-electron chi connectivity index (χ2n) is 7.40. The molecule has 0 aliphatic carbocycles. The number of benzene rings is 2. The Kier molecular flexibility index (Phi) is 4.06. The molecule has 1 aliphatic heterocycles. The molecule has 1 atom stereocenters. The number of anilines is 2. The van der Waals surface area contributed by atoms with Crippen LogP contribution >= 0.6 is 12.2 Å². The summed E-state index contributed by atoms with van der Waals surface area (Å²) in [6, 6.07) is 16.3. The van der Waals surface area contributed by atoms with Gasteiger partial charge in [-0.15, -0.1) is 0 Å². The maximum absolute atomic E-state index is 13.0. The van der Waals surface area contributed by atoms with Crippen LogP contribution in [-0.2, 0) is 6.42 Å². The maximum atomic E-state index is 13.0. The Hall–Kier alpha value is -3.32. The van der Waals surface area contributed by atoms with Crippen molar-refractivity contribution in [2.45, 2.75) is 26.3 Å². The zero-order chi connectivity index (χ0) is 20.1. The summed E-state index contributed by atoms with van der Waals surface area (Å²) >= 11 is 5.61. The van der Waals surface area contributed by atoms with Crippen LogP contribution in [0.3, 0.4) is 0 Å². The highest BCUT2D eigenvalue weighted by Gasteiger charge is 2.29. The standard InChI is InChI=1S/C22H19N5OS/c1-13-7-9-16(10-8-13)26-12-23-19-18(21(26)29)20(28)25-22(24-19)27-14(2)11-15-5-3-4-6-17(15)27/h3-10,12,14H,11H2,1-2H3,(H,24,25,28)/t14-/m0/s1. The number of H-pyrrole nitrogens is 1. The molecule has 2 aromatic carbocycles. The maximum Gasteiger partial charge on any atom is 0.264 e. The highest BCUT2D eigenvalue weighted by Crippen LogP contribution is 2.36. The van der Waals surface area contributed by atoms with Crippen molar-refractivity contribution < 1.29 is 0 Å².